The summed E-state index contributed by atoms with van der Waals surface area (Å²) in [7, 11) is 0. The van der Waals surface area contributed by atoms with Crippen molar-refractivity contribution in [3.8, 4) is 11.8 Å². The Morgan fingerprint density at radius 1 is 1.50 bits per heavy atom. The fourth-order valence-electron chi connectivity index (χ4n) is 1.31. The minimum absolute atomic E-state index is 0.124. The maximum absolute atomic E-state index is 8.61. The molecule has 0 aromatic carbocycles. The third-order valence-electron chi connectivity index (χ3n) is 2.02. The molecular formula is C12H12N2OS. The first-order valence-corrected chi connectivity index (χ1v) is 5.89. The summed E-state index contributed by atoms with van der Waals surface area (Å²) in [6.07, 6.45) is 6.05. The van der Waals surface area contributed by atoms with Crippen LogP contribution in [0.2, 0.25) is 0 Å². The summed E-state index contributed by atoms with van der Waals surface area (Å²) in [5, 5.41) is 10.6. The fraction of sp³-hybridized carbons (Fsp3) is 0.250. The number of aromatic nitrogens is 2. The highest BCUT2D eigenvalue weighted by atomic mass is 32.1. The Balaban J connectivity index is 2.00. The van der Waals surface area contributed by atoms with Crippen LogP contribution in [0.1, 0.15) is 16.9 Å². The van der Waals surface area contributed by atoms with E-state index in [1.54, 1.807) is 23.9 Å². The van der Waals surface area contributed by atoms with E-state index < -0.39 is 0 Å². The summed E-state index contributed by atoms with van der Waals surface area (Å²) in [6.45, 7) is 0.964. The topological polar surface area (TPSA) is 38.0 Å². The van der Waals surface area contributed by atoms with Crippen molar-refractivity contribution in [2.75, 3.05) is 6.61 Å². The summed E-state index contributed by atoms with van der Waals surface area (Å²) >= 11 is 1.69. The molecule has 0 fully saturated rings. The van der Waals surface area contributed by atoms with Gasteiger partial charge in [0.25, 0.3) is 0 Å². The lowest BCUT2D eigenvalue weighted by Crippen LogP contribution is -1.92. The lowest BCUT2D eigenvalue weighted by molar-refractivity contribution is 0.305. The zero-order chi connectivity index (χ0) is 11.2. The molecule has 2 aromatic heterocycles. The minimum atomic E-state index is 0.124. The maximum Gasteiger partial charge on any atom is 0.0949 e. The molecule has 0 radical (unpaired) electrons. The van der Waals surface area contributed by atoms with Gasteiger partial charge in [0.15, 0.2) is 0 Å². The van der Waals surface area contributed by atoms with E-state index in [0.29, 0.717) is 6.42 Å². The van der Waals surface area contributed by atoms with Crippen LogP contribution < -0.4 is 0 Å². The summed E-state index contributed by atoms with van der Waals surface area (Å²) in [5.41, 5.74) is 1.02. The van der Waals surface area contributed by atoms with Crippen molar-refractivity contribution in [1.29, 1.82) is 0 Å². The van der Waals surface area contributed by atoms with Crippen LogP contribution in [0.4, 0.5) is 0 Å². The highest BCUT2D eigenvalue weighted by Gasteiger charge is 1.98. The van der Waals surface area contributed by atoms with Gasteiger partial charge in [0.2, 0.25) is 0 Å². The third kappa shape index (κ3) is 2.96. The van der Waals surface area contributed by atoms with Crippen LogP contribution >= 0.6 is 11.3 Å². The van der Waals surface area contributed by atoms with Crippen molar-refractivity contribution in [2.45, 2.75) is 13.0 Å². The first-order chi connectivity index (χ1) is 7.88. The second-order valence-corrected chi connectivity index (χ2v) is 4.31. The Hall–Kier alpha value is -1.57. The number of nitrogens with zero attached hydrogens (tertiary/aromatic N) is 2. The zero-order valence-corrected chi connectivity index (χ0v) is 9.57. The molecule has 16 heavy (non-hydrogen) atoms. The molecule has 2 aromatic rings. The molecule has 0 aliphatic carbocycles. The predicted molar refractivity (Wildman–Crippen MR) is 64.2 cm³/mol. The Bertz CT molecular complexity index is 491. The van der Waals surface area contributed by atoms with E-state index in [9.17, 15) is 0 Å². The van der Waals surface area contributed by atoms with Crippen LogP contribution in [0.15, 0.2) is 30.2 Å². The van der Waals surface area contributed by atoms with E-state index >= 15 is 0 Å². The summed E-state index contributed by atoms with van der Waals surface area (Å²) < 4.78 is 2.02. The van der Waals surface area contributed by atoms with Gasteiger partial charge in [-0.15, -0.1) is 11.3 Å². The van der Waals surface area contributed by atoms with Crippen LogP contribution in [0.3, 0.4) is 0 Å². The molecular weight excluding hydrogens is 220 g/mol. The predicted octanol–water partition coefficient (Wildman–Crippen LogP) is 1.73. The summed E-state index contributed by atoms with van der Waals surface area (Å²) in [5.74, 6) is 5.93. The molecule has 0 aliphatic rings. The van der Waals surface area contributed by atoms with Crippen molar-refractivity contribution in [1.82, 2.24) is 9.55 Å². The SMILES string of the molecule is OCCC#Cc1csc(Cn2ccnc2)c1. The Kier molecular flexibility index (Phi) is 3.76. The molecule has 2 heterocycles. The van der Waals surface area contributed by atoms with Gasteiger partial charge in [0.1, 0.15) is 0 Å². The van der Waals surface area contributed by atoms with Gasteiger partial charge in [-0.1, -0.05) is 11.8 Å². The highest BCUT2D eigenvalue weighted by Crippen LogP contribution is 2.15. The van der Waals surface area contributed by atoms with Gasteiger partial charge in [0.05, 0.1) is 19.5 Å². The van der Waals surface area contributed by atoms with E-state index in [1.807, 2.05) is 16.1 Å². The molecule has 0 saturated carbocycles. The van der Waals surface area contributed by atoms with E-state index in [-0.39, 0.29) is 6.61 Å². The standard InChI is InChI=1S/C12H12N2OS/c15-6-2-1-3-11-7-12(16-9-11)8-14-5-4-13-10-14/h4-5,7,9-10,15H,2,6,8H2. The normalized spacial score (nSPS) is 9.81. The lowest BCUT2D eigenvalue weighted by atomic mass is 10.3. The van der Waals surface area contributed by atoms with Crippen molar-refractivity contribution in [3.05, 3.63) is 40.6 Å². The van der Waals surface area contributed by atoms with Crippen molar-refractivity contribution in [2.24, 2.45) is 0 Å². The summed E-state index contributed by atoms with van der Waals surface area (Å²) in [6, 6.07) is 2.08. The van der Waals surface area contributed by atoms with E-state index in [2.05, 4.69) is 22.9 Å². The molecule has 0 saturated heterocycles. The Morgan fingerprint density at radius 2 is 2.44 bits per heavy atom. The smallest absolute Gasteiger partial charge is 0.0949 e. The number of aliphatic hydroxyl groups is 1. The average molecular weight is 232 g/mol. The summed E-state index contributed by atoms with van der Waals surface area (Å²) in [4.78, 5) is 5.25. The van der Waals surface area contributed by atoms with Crippen LogP contribution in [0, 0.1) is 11.8 Å². The molecule has 0 amide bonds. The Morgan fingerprint density at radius 3 is 3.19 bits per heavy atom. The second kappa shape index (κ2) is 5.50. The van der Waals surface area contributed by atoms with Crippen molar-refractivity contribution in [3.63, 3.8) is 0 Å². The molecule has 0 aliphatic heterocycles. The van der Waals surface area contributed by atoms with Crippen molar-refractivity contribution >= 4 is 11.3 Å². The second-order valence-electron chi connectivity index (χ2n) is 3.31. The van der Waals surface area contributed by atoms with Gasteiger partial charge in [0, 0.05) is 34.6 Å². The number of hydrogen-bond donors (Lipinski definition) is 1. The largest absolute Gasteiger partial charge is 0.395 e. The number of hydrogen-bond acceptors (Lipinski definition) is 3. The maximum atomic E-state index is 8.61. The highest BCUT2D eigenvalue weighted by molar-refractivity contribution is 7.10. The molecule has 2 rings (SSSR count). The molecule has 0 atom stereocenters. The molecule has 4 heteroatoms. The van der Waals surface area contributed by atoms with Gasteiger partial charge in [-0.3, -0.25) is 0 Å². The first kappa shape index (κ1) is 10.9. The third-order valence-corrected chi connectivity index (χ3v) is 2.94. The molecule has 82 valence electrons. The molecule has 1 N–H and O–H groups in total. The molecule has 3 nitrogen and oxygen atoms in total. The average Bonchev–Trinajstić information content (AvgIpc) is 2.91. The van der Waals surface area contributed by atoms with Crippen molar-refractivity contribution < 1.29 is 5.11 Å². The number of aliphatic hydroxyl groups excluding tert-OH is 1. The van der Waals surface area contributed by atoms with Gasteiger partial charge in [-0.25, -0.2) is 4.98 Å². The van der Waals surface area contributed by atoms with E-state index in [0.717, 1.165) is 12.1 Å². The quantitative estimate of drug-likeness (QED) is 0.818. The zero-order valence-electron chi connectivity index (χ0n) is 8.76. The van der Waals surface area contributed by atoms with Crippen LogP contribution in [0.5, 0.6) is 0 Å². The van der Waals surface area contributed by atoms with Gasteiger partial charge in [-0.2, -0.15) is 0 Å². The van der Waals surface area contributed by atoms with Gasteiger partial charge in [-0.05, 0) is 6.07 Å². The van der Waals surface area contributed by atoms with Crippen LogP contribution in [-0.4, -0.2) is 21.3 Å². The molecule has 0 spiro atoms. The van der Waals surface area contributed by atoms with E-state index in [4.69, 9.17) is 5.11 Å². The van der Waals surface area contributed by atoms with Gasteiger partial charge >= 0.3 is 0 Å². The minimum Gasteiger partial charge on any atom is -0.395 e. The Labute approximate surface area is 98.4 Å². The lowest BCUT2D eigenvalue weighted by Gasteiger charge is -1.96. The molecule has 0 unspecified atom stereocenters. The monoisotopic (exact) mass is 232 g/mol. The number of thiophene rings is 1. The van der Waals surface area contributed by atoms with Gasteiger partial charge < -0.3 is 9.67 Å². The number of imidazole rings is 1. The fourth-order valence-corrected chi connectivity index (χ4v) is 2.13. The van der Waals surface area contributed by atoms with E-state index in [1.165, 1.54) is 4.88 Å². The molecule has 0 bridgehead atoms. The van der Waals surface area contributed by atoms with Crippen LogP contribution in [-0.2, 0) is 6.54 Å². The number of rotatable bonds is 3. The first-order valence-electron chi connectivity index (χ1n) is 5.01. The van der Waals surface area contributed by atoms with Crippen LogP contribution in [0.25, 0.3) is 0 Å².